The zero-order valence-corrected chi connectivity index (χ0v) is 19.8. The highest BCUT2D eigenvalue weighted by molar-refractivity contribution is 6.02. The number of rotatable bonds is 13. The lowest BCUT2D eigenvalue weighted by Crippen LogP contribution is -2.28. The highest BCUT2D eigenvalue weighted by Crippen LogP contribution is 2.18. The minimum atomic E-state index is -2.96. The van der Waals surface area contributed by atoms with E-state index in [0.717, 1.165) is 0 Å². The van der Waals surface area contributed by atoms with Gasteiger partial charge in [-0.2, -0.15) is 28.1 Å². The molecule has 0 aromatic heterocycles. The molecule has 0 heterocycles. The fourth-order valence-electron chi connectivity index (χ4n) is 2.97. The summed E-state index contributed by atoms with van der Waals surface area (Å²) >= 11 is 0. The average Bonchev–Trinajstić information content (AvgIpc) is 2.88. The van der Waals surface area contributed by atoms with Crippen molar-refractivity contribution in [2.45, 2.75) is 26.1 Å². The van der Waals surface area contributed by atoms with Crippen molar-refractivity contribution in [2.75, 3.05) is 13.1 Å². The van der Waals surface area contributed by atoms with Crippen molar-refractivity contribution >= 4 is 24.0 Å². The van der Waals surface area contributed by atoms with Gasteiger partial charge in [-0.1, -0.05) is 24.3 Å². The summed E-state index contributed by atoms with van der Waals surface area (Å²) in [5, 5.41) is 23.6. The Morgan fingerprint density at radius 2 is 1.05 bits per heavy atom. The fourth-order valence-corrected chi connectivity index (χ4v) is 2.97. The molecule has 0 bridgehead atoms. The first-order valence-corrected chi connectivity index (χ1v) is 11.1. The molecule has 2 aromatic rings. The van der Waals surface area contributed by atoms with Crippen molar-refractivity contribution < 1.29 is 36.6 Å². The second kappa shape index (κ2) is 15.3. The van der Waals surface area contributed by atoms with E-state index in [4.69, 9.17) is 0 Å². The molecule has 2 N–H and O–H groups in total. The van der Waals surface area contributed by atoms with Crippen LogP contribution in [0.2, 0.25) is 0 Å². The van der Waals surface area contributed by atoms with Gasteiger partial charge >= 0.3 is 13.2 Å². The molecule has 0 aliphatic heterocycles. The van der Waals surface area contributed by atoms with Gasteiger partial charge in [0.25, 0.3) is 11.8 Å². The van der Waals surface area contributed by atoms with E-state index < -0.39 is 25.0 Å². The third-order valence-electron chi connectivity index (χ3n) is 4.74. The summed E-state index contributed by atoms with van der Waals surface area (Å²) in [5.41, 5.74) is 0.525. The van der Waals surface area contributed by atoms with Crippen LogP contribution in [0.5, 0.6) is 11.5 Å². The average molecular weight is 530 g/mol. The first kappa shape index (κ1) is 29.4. The van der Waals surface area contributed by atoms with Crippen LogP contribution in [0, 0.1) is 22.7 Å². The van der Waals surface area contributed by atoms with Crippen molar-refractivity contribution in [2.24, 2.45) is 0 Å². The fraction of sp³-hybridized carbons (Fsp3) is 0.231. The van der Waals surface area contributed by atoms with Crippen LogP contribution in [0.4, 0.5) is 17.6 Å². The number of carbonyl (C=O) groups excluding carboxylic acids is 2. The molecule has 0 spiro atoms. The van der Waals surface area contributed by atoms with E-state index in [1.54, 1.807) is 12.1 Å². The molecule has 38 heavy (non-hydrogen) atoms. The van der Waals surface area contributed by atoms with Crippen molar-refractivity contribution in [3.63, 3.8) is 0 Å². The van der Waals surface area contributed by atoms with Crippen molar-refractivity contribution in [1.82, 2.24) is 10.6 Å². The topological polar surface area (TPSA) is 124 Å². The van der Waals surface area contributed by atoms with Gasteiger partial charge in [-0.05, 0) is 60.4 Å². The maximum atomic E-state index is 12.2. The zero-order chi connectivity index (χ0) is 27.9. The zero-order valence-electron chi connectivity index (χ0n) is 19.8. The lowest BCUT2D eigenvalue weighted by molar-refractivity contribution is -0.118. The monoisotopic (exact) mass is 530 g/mol. The van der Waals surface area contributed by atoms with E-state index in [2.05, 4.69) is 20.1 Å². The number of unbranched alkanes of at least 4 members (excludes halogenated alkanes) is 1. The number of halogens is 4. The summed E-state index contributed by atoms with van der Waals surface area (Å²) in [6.45, 7) is -5.50. The van der Waals surface area contributed by atoms with Crippen molar-refractivity contribution in [3.8, 4) is 23.6 Å². The summed E-state index contributed by atoms with van der Waals surface area (Å²) in [4.78, 5) is 24.4. The highest BCUT2D eigenvalue weighted by Gasteiger charge is 2.11. The van der Waals surface area contributed by atoms with E-state index in [-0.39, 0.29) is 35.7 Å². The van der Waals surface area contributed by atoms with Gasteiger partial charge in [-0.15, -0.1) is 0 Å². The first-order chi connectivity index (χ1) is 18.2. The normalized spacial score (nSPS) is 11.5. The molecule has 2 amide bonds. The first-order valence-electron chi connectivity index (χ1n) is 11.1. The Kier molecular flexibility index (Phi) is 11.8. The van der Waals surface area contributed by atoms with E-state index in [9.17, 15) is 37.7 Å². The van der Waals surface area contributed by atoms with Crippen LogP contribution in [0.1, 0.15) is 24.0 Å². The summed E-state index contributed by atoms with van der Waals surface area (Å²) in [7, 11) is 0. The van der Waals surface area contributed by atoms with Crippen molar-refractivity contribution in [3.05, 3.63) is 70.8 Å². The van der Waals surface area contributed by atoms with Gasteiger partial charge in [0.2, 0.25) is 0 Å². The Morgan fingerprint density at radius 3 is 1.34 bits per heavy atom. The summed E-state index contributed by atoms with van der Waals surface area (Å²) in [6, 6.07) is 14.4. The molecule has 8 nitrogen and oxygen atoms in total. The van der Waals surface area contributed by atoms with E-state index in [1.165, 1.54) is 60.7 Å². The molecule has 0 saturated heterocycles. The Labute approximate surface area is 215 Å². The minimum absolute atomic E-state index is 0.0547. The number of amides is 2. The Morgan fingerprint density at radius 1 is 0.711 bits per heavy atom. The Hall–Kier alpha value is -4.84. The van der Waals surface area contributed by atoms with E-state index in [1.807, 2.05) is 0 Å². The molecule has 0 aliphatic rings. The number of nitriles is 2. The van der Waals surface area contributed by atoms with Crippen LogP contribution in [-0.2, 0) is 9.59 Å². The van der Waals surface area contributed by atoms with Crippen LogP contribution in [0.15, 0.2) is 59.7 Å². The van der Waals surface area contributed by atoms with Crippen LogP contribution in [-0.4, -0.2) is 38.1 Å². The minimum Gasteiger partial charge on any atom is -0.435 e. The number of nitrogens with zero attached hydrogens (tertiary/aromatic N) is 2. The molecule has 0 atom stereocenters. The largest absolute Gasteiger partial charge is 0.435 e. The number of carbonyl (C=O) groups is 2. The smallest absolute Gasteiger partial charge is 0.387 e. The van der Waals surface area contributed by atoms with E-state index in [0.29, 0.717) is 24.0 Å². The maximum Gasteiger partial charge on any atom is 0.387 e. The van der Waals surface area contributed by atoms with E-state index >= 15 is 0 Å². The SMILES string of the molecule is N#CC(=Cc1ccc(OC(F)F)cc1)C(=O)NCCCCNC(=O)C(C#N)=Cc1ccc(OC(F)F)cc1. The molecular formula is C26H22F4N4O4. The molecule has 0 fully saturated rings. The standard InChI is InChI=1S/C26H22F4N4O4/c27-25(28)37-21-7-3-17(4-8-21)13-19(15-31)23(35)33-11-1-2-12-34-24(36)20(16-32)14-18-5-9-22(10-6-18)38-26(29)30/h3-10,13-14,25-26H,1-2,11-12H2,(H,33,35)(H,34,36). The van der Waals surface area contributed by atoms with Gasteiger partial charge in [0.05, 0.1) is 0 Å². The van der Waals surface area contributed by atoms with Crippen LogP contribution >= 0.6 is 0 Å². The number of ether oxygens (including phenoxy) is 2. The Balaban J connectivity index is 1.76. The lowest BCUT2D eigenvalue weighted by atomic mass is 10.1. The van der Waals surface area contributed by atoms with Gasteiger partial charge in [-0.25, -0.2) is 0 Å². The second-order valence-corrected chi connectivity index (χ2v) is 7.45. The predicted octanol–water partition coefficient (Wildman–Crippen LogP) is 4.42. The van der Waals surface area contributed by atoms with Crippen molar-refractivity contribution in [1.29, 1.82) is 10.5 Å². The number of alkyl halides is 4. The Bertz CT molecular complexity index is 1130. The van der Waals surface area contributed by atoms with Gasteiger partial charge in [0.15, 0.2) is 0 Å². The number of benzene rings is 2. The molecule has 0 unspecified atom stereocenters. The van der Waals surface area contributed by atoms with Gasteiger partial charge < -0.3 is 20.1 Å². The molecule has 198 valence electrons. The summed E-state index contributed by atoms with van der Waals surface area (Å²) in [5.74, 6) is -1.35. The van der Waals surface area contributed by atoms with Gasteiger partial charge in [-0.3, -0.25) is 9.59 Å². The molecule has 12 heteroatoms. The third-order valence-corrected chi connectivity index (χ3v) is 4.74. The lowest BCUT2D eigenvalue weighted by Gasteiger charge is -2.07. The van der Waals surface area contributed by atoms with Gasteiger partial charge in [0, 0.05) is 13.1 Å². The number of hydrogen-bond donors (Lipinski definition) is 2. The predicted molar refractivity (Wildman–Crippen MR) is 129 cm³/mol. The molecule has 2 aromatic carbocycles. The number of nitrogens with one attached hydrogen (secondary N) is 2. The van der Waals surface area contributed by atoms with Crippen LogP contribution in [0.25, 0.3) is 12.2 Å². The maximum absolute atomic E-state index is 12.2. The molecule has 0 radical (unpaired) electrons. The molecule has 2 rings (SSSR count). The quantitative estimate of drug-likeness (QED) is 0.171. The molecular weight excluding hydrogens is 508 g/mol. The summed E-state index contributed by atoms with van der Waals surface area (Å²) < 4.78 is 57.3. The highest BCUT2D eigenvalue weighted by atomic mass is 19.3. The number of hydrogen-bond acceptors (Lipinski definition) is 6. The molecule has 0 aliphatic carbocycles. The third kappa shape index (κ3) is 10.4. The molecule has 0 saturated carbocycles. The van der Waals surface area contributed by atoms with Crippen LogP contribution in [0.3, 0.4) is 0 Å². The summed E-state index contributed by atoms with van der Waals surface area (Å²) in [6.07, 6.45) is 3.52. The van der Waals surface area contributed by atoms with Crippen LogP contribution < -0.4 is 20.1 Å². The van der Waals surface area contributed by atoms with Gasteiger partial charge in [0.1, 0.15) is 34.8 Å². The second-order valence-electron chi connectivity index (χ2n) is 7.45.